The highest BCUT2D eigenvalue weighted by Crippen LogP contribution is 2.18. The molecule has 8 heteroatoms. The lowest BCUT2D eigenvalue weighted by molar-refractivity contribution is 0.0445. The van der Waals surface area contributed by atoms with E-state index in [1.54, 1.807) is 24.3 Å². The average molecular weight is 402 g/mol. The molecular weight excluding hydrogens is 382 g/mol. The van der Waals surface area contributed by atoms with E-state index in [-0.39, 0.29) is 0 Å². The van der Waals surface area contributed by atoms with Gasteiger partial charge < -0.3 is 14.2 Å². The molecule has 0 atom stereocenters. The fourth-order valence-electron chi connectivity index (χ4n) is 3.25. The molecule has 0 radical (unpaired) electrons. The van der Waals surface area contributed by atoms with Crippen molar-refractivity contribution in [2.24, 2.45) is 0 Å². The molecule has 2 aromatic carbocycles. The van der Waals surface area contributed by atoms with Gasteiger partial charge in [-0.15, -0.1) is 0 Å². The van der Waals surface area contributed by atoms with Gasteiger partial charge in [-0.05, 0) is 42.9 Å². The molecule has 1 fully saturated rings. The molecule has 3 aromatic rings. The molecule has 0 saturated carbocycles. The van der Waals surface area contributed by atoms with Crippen LogP contribution in [0.4, 0.5) is 0 Å². The smallest absolute Gasteiger partial charge is 0.405 e. The molecule has 1 saturated heterocycles. The Hall–Kier alpha value is -2.61. The maximum Gasteiger partial charge on any atom is 0.453 e. The number of piperazine rings is 1. The summed E-state index contributed by atoms with van der Waals surface area (Å²) in [6, 6.07) is 11.9. The van der Waals surface area contributed by atoms with Gasteiger partial charge >= 0.3 is 11.7 Å². The Kier molecular flexibility index (Phi) is 5.21. The second kappa shape index (κ2) is 7.79. The van der Waals surface area contributed by atoms with Gasteiger partial charge in [0.15, 0.2) is 5.58 Å². The monoisotopic (exact) mass is 401 g/mol. The summed E-state index contributed by atoms with van der Waals surface area (Å²) in [6.45, 7) is 4.80. The van der Waals surface area contributed by atoms with E-state index in [0.29, 0.717) is 21.7 Å². The number of oxazole rings is 1. The van der Waals surface area contributed by atoms with Crippen molar-refractivity contribution >= 4 is 28.7 Å². The van der Waals surface area contributed by atoms with Crippen LogP contribution in [0.15, 0.2) is 51.7 Å². The van der Waals surface area contributed by atoms with Gasteiger partial charge in [-0.3, -0.25) is 4.90 Å². The van der Waals surface area contributed by atoms with Crippen molar-refractivity contribution in [2.45, 2.75) is 6.54 Å². The molecule has 0 bridgehead atoms. The highest BCUT2D eigenvalue weighted by atomic mass is 35.5. The van der Waals surface area contributed by atoms with Crippen molar-refractivity contribution in [2.75, 3.05) is 33.2 Å². The van der Waals surface area contributed by atoms with Crippen LogP contribution in [0.5, 0.6) is 0 Å². The van der Waals surface area contributed by atoms with Crippen molar-refractivity contribution in [1.29, 1.82) is 0 Å². The predicted octanol–water partition coefficient (Wildman–Crippen LogP) is 2.26. The highest BCUT2D eigenvalue weighted by molar-refractivity contribution is 6.31. The van der Waals surface area contributed by atoms with Crippen LogP contribution in [-0.2, 0) is 6.54 Å². The fraction of sp³-hybridized carbons (Fsp3) is 0.300. The number of nitrogens with zero attached hydrogens (tertiary/aromatic N) is 3. The van der Waals surface area contributed by atoms with Gasteiger partial charge in [0, 0.05) is 37.7 Å². The fourth-order valence-corrected chi connectivity index (χ4v) is 3.42. The van der Waals surface area contributed by atoms with Gasteiger partial charge in [0.2, 0.25) is 0 Å². The molecule has 146 valence electrons. The number of fused-ring (bicyclic) bond motifs is 1. The molecule has 1 aliphatic heterocycles. The number of aromatic nitrogens is 1. The van der Waals surface area contributed by atoms with Gasteiger partial charge in [0.1, 0.15) is 5.52 Å². The van der Waals surface area contributed by atoms with Gasteiger partial charge in [0.25, 0.3) is 0 Å². The first-order chi connectivity index (χ1) is 13.5. The van der Waals surface area contributed by atoms with Crippen LogP contribution < -0.4 is 10.6 Å². The lowest BCUT2D eigenvalue weighted by Gasteiger charge is -2.32. The van der Waals surface area contributed by atoms with Gasteiger partial charge in [-0.1, -0.05) is 28.5 Å². The Morgan fingerprint density at radius 3 is 2.71 bits per heavy atom. The van der Waals surface area contributed by atoms with E-state index in [2.05, 4.69) is 16.8 Å². The number of hydrogen-bond acceptors (Lipinski definition) is 6. The van der Waals surface area contributed by atoms with Crippen LogP contribution in [0.25, 0.3) is 11.1 Å². The molecule has 4 rings (SSSR count). The van der Waals surface area contributed by atoms with Gasteiger partial charge in [-0.25, -0.2) is 9.59 Å². The quantitative estimate of drug-likeness (QED) is 0.668. The molecule has 0 unspecified atom stereocenters. The van der Waals surface area contributed by atoms with Crippen molar-refractivity contribution in [3.63, 3.8) is 0 Å². The lowest BCUT2D eigenvalue weighted by Crippen LogP contribution is -2.43. The molecule has 1 aromatic heterocycles. The SMILES string of the molecule is CN1CCN(Cc2cccc(C(=O)On3c(=O)oc4ccc(Cl)cc43)c2)CC1. The zero-order valence-corrected chi connectivity index (χ0v) is 16.2. The first-order valence-electron chi connectivity index (χ1n) is 9.03. The Bertz CT molecular complexity index is 1070. The summed E-state index contributed by atoms with van der Waals surface area (Å²) in [5.41, 5.74) is 1.99. The third kappa shape index (κ3) is 3.96. The zero-order chi connectivity index (χ0) is 19.7. The molecule has 1 aliphatic rings. The molecule has 7 nitrogen and oxygen atoms in total. The number of carbonyl (C=O) groups excluding carboxylic acids is 1. The Balaban J connectivity index is 1.52. The molecule has 0 N–H and O–H groups in total. The Labute approximate surface area is 166 Å². The minimum Gasteiger partial charge on any atom is -0.405 e. The van der Waals surface area contributed by atoms with Gasteiger partial charge in [-0.2, -0.15) is 0 Å². The van der Waals surface area contributed by atoms with E-state index in [1.165, 1.54) is 6.07 Å². The van der Waals surface area contributed by atoms with E-state index in [9.17, 15) is 9.59 Å². The van der Waals surface area contributed by atoms with E-state index < -0.39 is 11.7 Å². The summed E-state index contributed by atoms with van der Waals surface area (Å²) >= 11 is 5.97. The summed E-state index contributed by atoms with van der Waals surface area (Å²) in [7, 11) is 2.11. The van der Waals surface area contributed by atoms with Crippen LogP contribution in [0.2, 0.25) is 5.02 Å². The topological polar surface area (TPSA) is 67.9 Å². The molecule has 0 aliphatic carbocycles. The zero-order valence-electron chi connectivity index (χ0n) is 15.4. The number of rotatable bonds is 4. The maximum absolute atomic E-state index is 12.6. The molecule has 28 heavy (non-hydrogen) atoms. The van der Waals surface area contributed by atoms with Crippen LogP contribution in [0.3, 0.4) is 0 Å². The lowest BCUT2D eigenvalue weighted by atomic mass is 10.1. The van der Waals surface area contributed by atoms with E-state index >= 15 is 0 Å². The van der Waals surface area contributed by atoms with Crippen LogP contribution in [0.1, 0.15) is 15.9 Å². The highest BCUT2D eigenvalue weighted by Gasteiger charge is 2.18. The summed E-state index contributed by atoms with van der Waals surface area (Å²) in [4.78, 5) is 34.6. The third-order valence-corrected chi connectivity index (χ3v) is 5.08. The average Bonchev–Trinajstić information content (AvgIpc) is 2.99. The Morgan fingerprint density at radius 2 is 1.93 bits per heavy atom. The molecular formula is C20H20ClN3O4. The van der Waals surface area contributed by atoms with E-state index in [1.807, 2.05) is 12.1 Å². The maximum atomic E-state index is 12.6. The third-order valence-electron chi connectivity index (χ3n) is 4.84. The van der Waals surface area contributed by atoms with E-state index in [4.69, 9.17) is 20.9 Å². The molecule has 0 amide bonds. The minimum atomic E-state index is -0.779. The molecule has 0 spiro atoms. The minimum absolute atomic E-state index is 0.297. The van der Waals surface area contributed by atoms with Crippen LogP contribution in [0, 0.1) is 0 Å². The summed E-state index contributed by atoms with van der Waals surface area (Å²) < 4.78 is 5.91. The largest absolute Gasteiger partial charge is 0.453 e. The summed E-state index contributed by atoms with van der Waals surface area (Å²) in [5, 5.41) is 0.410. The van der Waals surface area contributed by atoms with Crippen molar-refractivity contribution in [3.05, 3.63) is 69.2 Å². The molecule has 2 heterocycles. The number of hydrogen-bond donors (Lipinski definition) is 0. The van der Waals surface area contributed by atoms with Crippen molar-refractivity contribution in [1.82, 2.24) is 14.5 Å². The van der Waals surface area contributed by atoms with Crippen LogP contribution >= 0.6 is 11.6 Å². The first-order valence-corrected chi connectivity index (χ1v) is 9.41. The number of likely N-dealkylation sites (N-methyl/N-ethyl adjacent to an activating group) is 1. The second-order valence-corrected chi connectivity index (χ2v) is 7.37. The second-order valence-electron chi connectivity index (χ2n) is 6.93. The van der Waals surface area contributed by atoms with Gasteiger partial charge in [0.05, 0.1) is 5.56 Å². The standard InChI is InChI=1S/C20H20ClN3O4/c1-22-7-9-23(10-8-22)13-14-3-2-4-15(11-14)19(25)28-24-17-12-16(21)5-6-18(17)27-20(24)26/h2-6,11-12H,7-10,13H2,1H3. The number of halogens is 1. The summed E-state index contributed by atoms with van der Waals surface area (Å²) in [5.74, 6) is -1.41. The predicted molar refractivity (Wildman–Crippen MR) is 106 cm³/mol. The van der Waals surface area contributed by atoms with Crippen molar-refractivity contribution < 1.29 is 14.0 Å². The first kappa shape index (κ1) is 18.7. The normalized spacial score (nSPS) is 15.8. The number of benzene rings is 2. The number of carbonyl (C=O) groups is 1. The Morgan fingerprint density at radius 1 is 1.14 bits per heavy atom. The summed E-state index contributed by atoms with van der Waals surface area (Å²) in [6.07, 6.45) is 0. The van der Waals surface area contributed by atoms with E-state index in [0.717, 1.165) is 43.0 Å². The van der Waals surface area contributed by atoms with Crippen LogP contribution in [-0.4, -0.2) is 53.7 Å². The van der Waals surface area contributed by atoms with Crippen molar-refractivity contribution in [3.8, 4) is 0 Å².